The highest BCUT2D eigenvalue weighted by molar-refractivity contribution is 5.71. The maximum absolute atomic E-state index is 12.8. The van der Waals surface area contributed by atoms with Gasteiger partial charge in [-0.3, -0.25) is 14.4 Å². The van der Waals surface area contributed by atoms with Crippen LogP contribution in [0.3, 0.4) is 0 Å². The molecule has 0 aliphatic heterocycles. The topological polar surface area (TPSA) is 78.9 Å². The molecule has 0 N–H and O–H groups in total. The number of hydrogen-bond donors (Lipinski definition) is 0. The number of allylic oxidation sites excluding steroid dienone is 12. The van der Waals surface area contributed by atoms with E-state index in [2.05, 4.69) is 87.6 Å². The fourth-order valence-corrected chi connectivity index (χ4v) is 8.62. The van der Waals surface area contributed by atoms with Crippen molar-refractivity contribution in [1.82, 2.24) is 0 Å². The van der Waals surface area contributed by atoms with Gasteiger partial charge in [-0.2, -0.15) is 0 Å². The third-order valence-electron chi connectivity index (χ3n) is 13.2. The predicted octanol–water partition coefficient (Wildman–Crippen LogP) is 20.5. The van der Waals surface area contributed by atoms with Crippen LogP contribution in [-0.4, -0.2) is 37.2 Å². The van der Waals surface area contributed by atoms with Crippen molar-refractivity contribution in [2.24, 2.45) is 0 Å². The molecule has 0 spiro atoms. The Morgan fingerprint density at radius 3 is 0.930 bits per heavy atom. The normalized spacial score (nSPS) is 12.5. The number of ether oxygens (including phenoxy) is 3. The smallest absolute Gasteiger partial charge is 0.306 e. The van der Waals surface area contributed by atoms with Crippen molar-refractivity contribution < 1.29 is 28.6 Å². The molecule has 1 unspecified atom stereocenters. The Kier molecular flexibility index (Phi) is 56.8. The fourth-order valence-electron chi connectivity index (χ4n) is 8.62. The lowest BCUT2D eigenvalue weighted by molar-refractivity contribution is -0.166. The van der Waals surface area contributed by atoms with E-state index in [1.165, 1.54) is 180 Å². The van der Waals surface area contributed by atoms with E-state index in [1.54, 1.807) is 0 Å². The van der Waals surface area contributed by atoms with Gasteiger partial charge in [0.25, 0.3) is 0 Å². The molecule has 410 valence electrons. The molecule has 71 heavy (non-hydrogen) atoms. The van der Waals surface area contributed by atoms with Gasteiger partial charge in [0.15, 0.2) is 6.10 Å². The van der Waals surface area contributed by atoms with E-state index < -0.39 is 6.10 Å². The second kappa shape index (κ2) is 59.4. The highest BCUT2D eigenvalue weighted by atomic mass is 16.6. The molecule has 1 atom stereocenters. The van der Waals surface area contributed by atoms with Crippen LogP contribution in [0.5, 0.6) is 0 Å². The first-order valence-corrected chi connectivity index (χ1v) is 30.4. The van der Waals surface area contributed by atoms with Crippen molar-refractivity contribution in [2.75, 3.05) is 13.2 Å². The molecule has 0 aromatic carbocycles. The van der Waals surface area contributed by atoms with Crippen LogP contribution in [0.25, 0.3) is 0 Å². The molecule has 0 saturated carbocycles. The predicted molar refractivity (Wildman–Crippen MR) is 307 cm³/mol. The molecule has 0 aliphatic rings. The molecule has 0 radical (unpaired) electrons. The summed E-state index contributed by atoms with van der Waals surface area (Å²) >= 11 is 0. The van der Waals surface area contributed by atoms with Crippen molar-refractivity contribution in [3.63, 3.8) is 0 Å². The lowest BCUT2D eigenvalue weighted by Gasteiger charge is -2.18. The second-order valence-electron chi connectivity index (χ2n) is 20.2. The second-order valence-corrected chi connectivity index (χ2v) is 20.2. The molecular formula is C65H114O6. The molecule has 6 heteroatoms. The summed E-state index contributed by atoms with van der Waals surface area (Å²) in [5, 5.41) is 0. The number of unbranched alkanes of at least 4 members (excludes halogenated alkanes) is 32. The van der Waals surface area contributed by atoms with Crippen LogP contribution < -0.4 is 0 Å². The summed E-state index contributed by atoms with van der Waals surface area (Å²) in [6.07, 6.45) is 76.5. The standard InChI is InChI=1S/C65H114O6/c1-4-7-10-13-16-19-22-25-26-27-28-29-30-31-32-33-34-35-36-37-38-41-43-46-49-52-55-58-64(67)70-61-62(71-65(68)59-56-53-50-47-44-40-24-21-18-15-12-9-6-3)60-69-63(66)57-54-51-48-45-42-39-23-20-17-14-11-8-5-2/h9,12,18,20-21,23,27-28,40,44,50,53,62H,4-8,10-11,13-17,19,22,24-26,29-39,41-43,45-49,51-52,54-61H2,1-3H3/b12-9-,21-18-,23-20-,28-27-,44-40-,53-50-. The van der Waals surface area contributed by atoms with Gasteiger partial charge in [0.1, 0.15) is 13.2 Å². The number of carbonyl (C=O) groups excluding carboxylic acids is 3. The third kappa shape index (κ3) is 57.6. The first kappa shape index (κ1) is 67.8. The molecule has 0 rings (SSSR count). The maximum Gasteiger partial charge on any atom is 0.306 e. The highest BCUT2D eigenvalue weighted by Gasteiger charge is 2.19. The zero-order valence-corrected chi connectivity index (χ0v) is 47.0. The quantitative estimate of drug-likeness (QED) is 0.0261. The van der Waals surface area contributed by atoms with Gasteiger partial charge in [0.2, 0.25) is 0 Å². The summed E-state index contributed by atoms with van der Waals surface area (Å²) < 4.78 is 16.8. The van der Waals surface area contributed by atoms with E-state index in [0.29, 0.717) is 19.3 Å². The Bertz CT molecular complexity index is 1320. The van der Waals surface area contributed by atoms with Crippen LogP contribution in [0.1, 0.15) is 303 Å². The van der Waals surface area contributed by atoms with Crippen LogP contribution in [0, 0.1) is 0 Å². The summed E-state index contributed by atoms with van der Waals surface area (Å²) in [4.78, 5) is 38.1. The van der Waals surface area contributed by atoms with Crippen molar-refractivity contribution >= 4 is 17.9 Å². The van der Waals surface area contributed by atoms with Crippen LogP contribution in [0.4, 0.5) is 0 Å². The Labute approximate surface area is 440 Å². The number of rotatable bonds is 55. The summed E-state index contributed by atoms with van der Waals surface area (Å²) in [7, 11) is 0. The van der Waals surface area contributed by atoms with Gasteiger partial charge < -0.3 is 14.2 Å². The lowest BCUT2D eigenvalue weighted by Crippen LogP contribution is -2.30. The molecule has 0 aliphatic carbocycles. The molecule has 0 saturated heterocycles. The van der Waals surface area contributed by atoms with E-state index in [0.717, 1.165) is 77.0 Å². The van der Waals surface area contributed by atoms with Gasteiger partial charge >= 0.3 is 17.9 Å². The Morgan fingerprint density at radius 1 is 0.296 bits per heavy atom. The van der Waals surface area contributed by atoms with E-state index >= 15 is 0 Å². The largest absolute Gasteiger partial charge is 0.462 e. The Hall–Kier alpha value is -3.15. The number of carbonyl (C=O) groups is 3. The highest BCUT2D eigenvalue weighted by Crippen LogP contribution is 2.16. The molecule has 0 aromatic rings. The summed E-state index contributed by atoms with van der Waals surface area (Å²) in [5.41, 5.74) is 0. The number of esters is 3. The van der Waals surface area contributed by atoms with E-state index in [1.807, 2.05) is 6.08 Å². The first-order valence-electron chi connectivity index (χ1n) is 30.4. The summed E-state index contributed by atoms with van der Waals surface area (Å²) in [6.45, 7) is 6.46. The zero-order chi connectivity index (χ0) is 51.4. The van der Waals surface area contributed by atoms with Crippen molar-refractivity contribution in [3.05, 3.63) is 72.9 Å². The molecule has 0 amide bonds. The minimum Gasteiger partial charge on any atom is -0.462 e. The van der Waals surface area contributed by atoms with E-state index in [4.69, 9.17) is 14.2 Å². The van der Waals surface area contributed by atoms with Gasteiger partial charge in [-0.1, -0.05) is 261 Å². The maximum atomic E-state index is 12.8. The summed E-state index contributed by atoms with van der Waals surface area (Å²) in [6, 6.07) is 0. The van der Waals surface area contributed by atoms with Gasteiger partial charge in [-0.25, -0.2) is 0 Å². The summed E-state index contributed by atoms with van der Waals surface area (Å²) in [5.74, 6) is -0.988. The average molecular weight is 992 g/mol. The SMILES string of the molecule is CC/C=C\C/C=C\C/C=C\C/C=C\CCC(=O)OC(COC(=O)CCCCCCC/C=C\CCCCCC)COC(=O)CCCCCCCCCCCCCCCCC/C=C\CCCCCCCCCC. The van der Waals surface area contributed by atoms with Gasteiger partial charge in [0, 0.05) is 19.3 Å². The first-order chi connectivity index (χ1) is 35.0. The lowest BCUT2D eigenvalue weighted by atomic mass is 10.0. The molecule has 0 fully saturated rings. The van der Waals surface area contributed by atoms with Crippen molar-refractivity contribution in [1.29, 1.82) is 0 Å². The van der Waals surface area contributed by atoms with Crippen LogP contribution in [0.15, 0.2) is 72.9 Å². The van der Waals surface area contributed by atoms with Crippen LogP contribution >= 0.6 is 0 Å². The monoisotopic (exact) mass is 991 g/mol. The van der Waals surface area contributed by atoms with Gasteiger partial charge in [-0.05, 0) is 96.3 Å². The minimum atomic E-state index is -0.816. The minimum absolute atomic E-state index is 0.105. The van der Waals surface area contributed by atoms with Gasteiger partial charge in [0.05, 0.1) is 0 Å². The molecule has 0 heterocycles. The van der Waals surface area contributed by atoms with Crippen LogP contribution in [0.2, 0.25) is 0 Å². The zero-order valence-electron chi connectivity index (χ0n) is 47.0. The Balaban J connectivity index is 4.24. The third-order valence-corrected chi connectivity index (χ3v) is 13.2. The molecule has 6 nitrogen and oxygen atoms in total. The average Bonchev–Trinajstić information content (AvgIpc) is 3.37. The molecule has 0 bridgehead atoms. The fraction of sp³-hybridized carbons (Fsp3) is 0.769. The van der Waals surface area contributed by atoms with Crippen molar-refractivity contribution in [3.8, 4) is 0 Å². The van der Waals surface area contributed by atoms with E-state index in [-0.39, 0.29) is 37.5 Å². The van der Waals surface area contributed by atoms with Crippen molar-refractivity contribution in [2.45, 2.75) is 309 Å². The number of hydrogen-bond acceptors (Lipinski definition) is 6. The Morgan fingerprint density at radius 2 is 0.577 bits per heavy atom. The molecule has 0 aromatic heterocycles. The van der Waals surface area contributed by atoms with Gasteiger partial charge in [-0.15, -0.1) is 0 Å². The van der Waals surface area contributed by atoms with Crippen LogP contribution in [-0.2, 0) is 28.6 Å². The van der Waals surface area contributed by atoms with E-state index in [9.17, 15) is 14.4 Å². The molecular weight excluding hydrogens is 877 g/mol.